The van der Waals surface area contributed by atoms with Crippen molar-refractivity contribution in [2.45, 2.75) is 25.1 Å². The molecule has 0 bridgehead atoms. The number of benzene rings is 1. The number of aliphatic carboxylic acids is 1. The van der Waals surface area contributed by atoms with Gasteiger partial charge in [-0.3, -0.25) is 0 Å². The summed E-state index contributed by atoms with van der Waals surface area (Å²) in [6.45, 7) is 0. The number of aliphatic hydroxyl groups is 1. The van der Waals surface area contributed by atoms with E-state index in [-0.39, 0.29) is 12.0 Å². The smallest absolute Gasteiger partial charge is 0.461 e. The van der Waals surface area contributed by atoms with Crippen LogP contribution in [0.5, 0.6) is 5.75 Å². The molecule has 4 nitrogen and oxygen atoms in total. The maximum absolute atomic E-state index is 13.0. The van der Waals surface area contributed by atoms with Crippen LogP contribution in [0.1, 0.15) is 16.5 Å². The van der Waals surface area contributed by atoms with E-state index in [1.165, 1.54) is 24.3 Å². The Labute approximate surface area is 154 Å². The minimum Gasteiger partial charge on any atom is -0.550 e. The van der Waals surface area contributed by atoms with Crippen molar-refractivity contribution < 1.29 is 37.3 Å². The van der Waals surface area contributed by atoms with Crippen molar-refractivity contribution in [1.82, 2.24) is 0 Å². The van der Waals surface area contributed by atoms with Gasteiger partial charge in [-0.25, -0.2) is 0 Å². The van der Waals surface area contributed by atoms with Crippen LogP contribution in [0.2, 0.25) is 4.34 Å². The molecule has 142 valence electrons. The zero-order valence-corrected chi connectivity index (χ0v) is 14.4. The normalized spacial score (nSPS) is 14.3. The highest BCUT2D eigenvalue weighted by Gasteiger charge is 2.44. The van der Waals surface area contributed by atoms with E-state index in [2.05, 4.69) is 4.74 Å². The number of alkyl halides is 4. The largest absolute Gasteiger partial charge is 0.550 e. The molecule has 0 aliphatic heterocycles. The third kappa shape index (κ3) is 5.09. The monoisotopic (exact) mass is 411 g/mol. The zero-order valence-electron chi connectivity index (χ0n) is 12.9. The molecule has 26 heavy (non-hydrogen) atoms. The number of halogens is 5. The molecule has 0 amide bonds. The number of carboxylic acid groups (broad SMARTS) is 1. The molecule has 0 saturated carbocycles. The number of aliphatic hydroxyl groups excluding tert-OH is 1. The number of carbonyl (C=O) groups excluding carboxylic acids is 1. The van der Waals surface area contributed by atoms with E-state index in [0.717, 1.165) is 23.5 Å². The van der Waals surface area contributed by atoms with Crippen molar-refractivity contribution in [3.8, 4) is 5.75 Å². The molecule has 1 N–H and O–H groups in total. The highest BCUT2D eigenvalue weighted by atomic mass is 35.5. The van der Waals surface area contributed by atoms with Crippen molar-refractivity contribution in [2.24, 2.45) is 5.92 Å². The minimum absolute atomic E-state index is 0.184. The number of carboxylic acids is 1. The van der Waals surface area contributed by atoms with E-state index in [9.17, 15) is 32.6 Å². The average Bonchev–Trinajstić information content (AvgIpc) is 2.98. The lowest BCUT2D eigenvalue weighted by molar-refractivity contribution is -0.314. The Balaban J connectivity index is 2.19. The summed E-state index contributed by atoms with van der Waals surface area (Å²) < 4.78 is 54.7. The van der Waals surface area contributed by atoms with Gasteiger partial charge in [0.25, 0.3) is 0 Å². The summed E-state index contributed by atoms with van der Waals surface area (Å²) in [5, 5.41) is 21.6. The predicted molar refractivity (Wildman–Crippen MR) is 84.5 cm³/mol. The Morgan fingerprint density at radius 2 is 2.00 bits per heavy atom. The lowest BCUT2D eigenvalue weighted by Crippen LogP contribution is -2.36. The summed E-state index contributed by atoms with van der Waals surface area (Å²) >= 11 is 6.74. The molecule has 0 aliphatic carbocycles. The maximum atomic E-state index is 13.0. The van der Waals surface area contributed by atoms with E-state index < -0.39 is 36.3 Å². The Kier molecular flexibility index (Phi) is 6.48. The molecule has 0 radical (unpaired) electrons. The van der Waals surface area contributed by atoms with Crippen LogP contribution >= 0.6 is 22.9 Å². The van der Waals surface area contributed by atoms with Crippen LogP contribution in [0.25, 0.3) is 0 Å². The first-order chi connectivity index (χ1) is 12.1. The molecule has 1 aromatic heterocycles. The molecule has 0 aliphatic rings. The molecule has 2 rings (SSSR count). The molecule has 0 fully saturated rings. The minimum atomic E-state index is -4.68. The summed E-state index contributed by atoms with van der Waals surface area (Å²) in [5.41, 5.74) is 0.184. The van der Waals surface area contributed by atoms with Gasteiger partial charge in [0.2, 0.25) is 0 Å². The summed E-state index contributed by atoms with van der Waals surface area (Å²) in [4.78, 5) is 11.7. The van der Waals surface area contributed by atoms with Gasteiger partial charge in [-0.15, -0.1) is 11.3 Å². The van der Waals surface area contributed by atoms with Gasteiger partial charge < -0.3 is 19.7 Å². The van der Waals surface area contributed by atoms with E-state index in [1.807, 2.05) is 0 Å². The van der Waals surface area contributed by atoms with Crippen molar-refractivity contribution in [1.29, 1.82) is 0 Å². The SMILES string of the molecule is O=C([O-])C(Cc1cccc(OC(F)(F)C(F)F)c1)C(O)c1ccc(Cl)s1. The number of carbonyl (C=O) groups is 1. The molecule has 1 heterocycles. The number of rotatable bonds is 8. The van der Waals surface area contributed by atoms with Gasteiger partial charge in [-0.2, -0.15) is 17.6 Å². The summed E-state index contributed by atoms with van der Waals surface area (Å²) in [6, 6.07) is 7.60. The van der Waals surface area contributed by atoms with Gasteiger partial charge in [-0.1, -0.05) is 23.7 Å². The number of hydrogen-bond acceptors (Lipinski definition) is 5. The molecule has 0 saturated heterocycles. The number of thiophene rings is 1. The zero-order chi connectivity index (χ0) is 19.5. The van der Waals surface area contributed by atoms with Gasteiger partial charge in [0, 0.05) is 16.8 Å². The molecule has 0 spiro atoms. The molecule has 10 heteroatoms. The van der Waals surface area contributed by atoms with Crippen LogP contribution in [0.3, 0.4) is 0 Å². The second-order valence-electron chi connectivity index (χ2n) is 5.33. The summed E-state index contributed by atoms with van der Waals surface area (Å²) in [6.07, 6.45) is -10.4. The fourth-order valence-corrected chi connectivity index (χ4v) is 3.31. The summed E-state index contributed by atoms with van der Waals surface area (Å²) in [7, 11) is 0. The third-order valence-corrected chi connectivity index (χ3v) is 4.73. The lowest BCUT2D eigenvalue weighted by atomic mass is 9.93. The van der Waals surface area contributed by atoms with Crippen molar-refractivity contribution in [3.05, 3.63) is 51.2 Å². The van der Waals surface area contributed by atoms with Gasteiger partial charge >= 0.3 is 12.5 Å². The van der Waals surface area contributed by atoms with Crippen molar-refractivity contribution >= 4 is 28.9 Å². The van der Waals surface area contributed by atoms with Gasteiger partial charge in [0.15, 0.2) is 0 Å². The van der Waals surface area contributed by atoms with Gasteiger partial charge in [0.1, 0.15) is 5.75 Å². The Bertz CT molecular complexity index is 768. The first kappa shape index (κ1) is 20.5. The van der Waals surface area contributed by atoms with Crippen LogP contribution in [-0.2, 0) is 11.2 Å². The standard InChI is InChI=1S/C16H13ClF4O4S/c17-12-5-4-11(26-12)13(22)10(14(23)24)7-8-2-1-3-9(6-8)25-16(20,21)15(18)19/h1-6,10,13,15,22H,7H2,(H,23,24)/p-1. The predicted octanol–water partition coefficient (Wildman–Crippen LogP) is 3.28. The maximum Gasteiger partial charge on any atom is 0.461 e. The van der Waals surface area contributed by atoms with Crippen LogP contribution < -0.4 is 9.84 Å². The van der Waals surface area contributed by atoms with E-state index in [1.54, 1.807) is 0 Å². The lowest BCUT2D eigenvalue weighted by Gasteiger charge is -2.23. The Morgan fingerprint density at radius 1 is 1.31 bits per heavy atom. The third-order valence-electron chi connectivity index (χ3n) is 3.43. The van der Waals surface area contributed by atoms with E-state index in [0.29, 0.717) is 9.21 Å². The van der Waals surface area contributed by atoms with E-state index >= 15 is 0 Å². The van der Waals surface area contributed by atoms with Crippen molar-refractivity contribution in [2.75, 3.05) is 0 Å². The Morgan fingerprint density at radius 3 is 2.54 bits per heavy atom. The first-order valence-electron chi connectivity index (χ1n) is 7.18. The van der Waals surface area contributed by atoms with Gasteiger partial charge in [-0.05, 0) is 36.2 Å². The van der Waals surface area contributed by atoms with Crippen LogP contribution in [-0.4, -0.2) is 23.6 Å². The fourth-order valence-electron chi connectivity index (χ4n) is 2.20. The van der Waals surface area contributed by atoms with Gasteiger partial charge in [0.05, 0.1) is 10.4 Å². The highest BCUT2D eigenvalue weighted by Crippen LogP contribution is 2.33. The molecule has 2 atom stereocenters. The average molecular weight is 412 g/mol. The quantitative estimate of drug-likeness (QED) is 0.677. The van der Waals surface area contributed by atoms with Crippen LogP contribution in [0, 0.1) is 5.92 Å². The second kappa shape index (κ2) is 8.24. The first-order valence-corrected chi connectivity index (χ1v) is 8.37. The number of hydrogen-bond donors (Lipinski definition) is 1. The van der Waals surface area contributed by atoms with Crippen LogP contribution in [0.4, 0.5) is 17.6 Å². The molecule has 1 aromatic carbocycles. The molecular weight excluding hydrogens is 400 g/mol. The topological polar surface area (TPSA) is 69.6 Å². The number of ether oxygens (including phenoxy) is 1. The molecule has 2 aromatic rings. The highest BCUT2D eigenvalue weighted by molar-refractivity contribution is 7.16. The van der Waals surface area contributed by atoms with Crippen molar-refractivity contribution in [3.63, 3.8) is 0 Å². The molecule has 2 unspecified atom stereocenters. The fraction of sp³-hybridized carbons (Fsp3) is 0.312. The molecular formula is C16H12ClF4O4S-. The van der Waals surface area contributed by atoms with Crippen LogP contribution in [0.15, 0.2) is 36.4 Å². The van der Waals surface area contributed by atoms with E-state index in [4.69, 9.17) is 11.6 Å². The second-order valence-corrected chi connectivity index (χ2v) is 7.07. The summed E-state index contributed by atoms with van der Waals surface area (Å²) in [5.74, 6) is -3.53. The Hall–Kier alpha value is -1.84.